The molecule has 7 nitrogen and oxygen atoms in total. The Kier molecular flexibility index (Phi) is 4.15. The molecule has 0 bridgehead atoms. The van der Waals surface area contributed by atoms with Crippen LogP contribution in [0.3, 0.4) is 0 Å². The van der Waals surface area contributed by atoms with E-state index in [1.54, 1.807) is 11.1 Å². The topological polar surface area (TPSA) is 84.1 Å². The number of nitrogens with zero attached hydrogens (tertiary/aromatic N) is 5. The maximum absolute atomic E-state index is 11.5. The van der Waals surface area contributed by atoms with Gasteiger partial charge in [0.05, 0.1) is 35.2 Å². The summed E-state index contributed by atoms with van der Waals surface area (Å²) in [6, 6.07) is 8.04. The van der Waals surface area contributed by atoms with Crippen molar-refractivity contribution >= 4 is 16.9 Å². The summed E-state index contributed by atoms with van der Waals surface area (Å²) in [5, 5.41) is 13.4. The van der Waals surface area contributed by atoms with E-state index in [-0.39, 0.29) is 11.9 Å². The smallest absolute Gasteiger partial charge is 0.248 e. The molecule has 7 heteroatoms. The van der Waals surface area contributed by atoms with Crippen LogP contribution in [0.25, 0.3) is 22.3 Å². The lowest BCUT2D eigenvalue weighted by Gasteiger charge is -2.31. The minimum atomic E-state index is -0.419. The number of aromatic nitrogens is 4. The average molecular weight is 337 g/mol. The summed E-state index contributed by atoms with van der Waals surface area (Å²) in [7, 11) is 0. The van der Waals surface area contributed by atoms with Gasteiger partial charge < -0.3 is 10.0 Å². The van der Waals surface area contributed by atoms with Crippen molar-refractivity contribution in [2.24, 2.45) is 0 Å². The third kappa shape index (κ3) is 3.10. The Morgan fingerprint density at radius 2 is 1.92 bits per heavy atom. The van der Waals surface area contributed by atoms with Gasteiger partial charge in [0.15, 0.2) is 0 Å². The molecule has 4 rings (SSSR count). The van der Waals surface area contributed by atoms with Crippen molar-refractivity contribution < 1.29 is 9.90 Å². The first-order valence-corrected chi connectivity index (χ1v) is 8.39. The molecule has 25 heavy (non-hydrogen) atoms. The second-order valence-corrected chi connectivity index (χ2v) is 6.22. The number of para-hydroxylation sites is 2. The van der Waals surface area contributed by atoms with E-state index in [1.807, 2.05) is 41.3 Å². The van der Waals surface area contributed by atoms with Gasteiger partial charge in [0.2, 0.25) is 5.91 Å². The Bertz CT molecular complexity index is 899. The van der Waals surface area contributed by atoms with E-state index in [2.05, 4.69) is 15.1 Å². The molecule has 0 saturated carbocycles. The molecule has 0 spiro atoms. The molecule has 0 atom stereocenters. The predicted molar refractivity (Wildman–Crippen MR) is 92.7 cm³/mol. The van der Waals surface area contributed by atoms with Gasteiger partial charge in [-0.1, -0.05) is 12.1 Å². The molecule has 3 heterocycles. The zero-order chi connectivity index (χ0) is 17.2. The minimum absolute atomic E-state index is 0.203. The van der Waals surface area contributed by atoms with Crippen LogP contribution >= 0.6 is 0 Å². The van der Waals surface area contributed by atoms with Crippen molar-refractivity contribution in [3.05, 3.63) is 42.9 Å². The Morgan fingerprint density at radius 3 is 2.68 bits per heavy atom. The van der Waals surface area contributed by atoms with E-state index >= 15 is 0 Å². The summed E-state index contributed by atoms with van der Waals surface area (Å²) in [4.78, 5) is 22.4. The van der Waals surface area contributed by atoms with Gasteiger partial charge in [-0.15, -0.1) is 0 Å². The van der Waals surface area contributed by atoms with Crippen LogP contribution in [-0.4, -0.2) is 55.4 Å². The second-order valence-electron chi connectivity index (χ2n) is 6.22. The fourth-order valence-corrected chi connectivity index (χ4v) is 3.25. The maximum Gasteiger partial charge on any atom is 0.248 e. The van der Waals surface area contributed by atoms with E-state index in [1.165, 1.54) is 0 Å². The minimum Gasteiger partial charge on any atom is -0.387 e. The van der Waals surface area contributed by atoms with Gasteiger partial charge in [-0.2, -0.15) is 5.10 Å². The normalized spacial score (nSPS) is 15.6. The standard InChI is InChI=1S/C18H19N5O2/c24-12-18(25)22-7-5-14(6-8-22)23-11-13(9-20-23)17-10-19-15-3-1-2-4-16(15)21-17/h1-4,9-11,14,24H,5-8,12H2. The lowest BCUT2D eigenvalue weighted by atomic mass is 10.1. The largest absolute Gasteiger partial charge is 0.387 e. The molecular weight excluding hydrogens is 318 g/mol. The number of piperidine rings is 1. The van der Waals surface area contributed by atoms with Gasteiger partial charge in [0, 0.05) is 24.8 Å². The molecule has 1 N–H and O–H groups in total. The molecule has 0 radical (unpaired) electrons. The van der Waals surface area contributed by atoms with E-state index in [9.17, 15) is 4.79 Å². The molecule has 128 valence electrons. The molecular formula is C18H19N5O2. The number of hydrogen-bond acceptors (Lipinski definition) is 5. The Hall–Kier alpha value is -2.80. The van der Waals surface area contributed by atoms with Crippen molar-refractivity contribution in [2.45, 2.75) is 18.9 Å². The third-order valence-electron chi connectivity index (χ3n) is 4.67. The van der Waals surface area contributed by atoms with Gasteiger partial charge in [-0.3, -0.25) is 14.5 Å². The molecule has 0 aliphatic carbocycles. The number of aliphatic hydroxyl groups excluding tert-OH is 1. The fraction of sp³-hybridized carbons (Fsp3) is 0.333. The number of carbonyl (C=O) groups excluding carboxylic acids is 1. The van der Waals surface area contributed by atoms with Crippen LogP contribution in [0.5, 0.6) is 0 Å². The molecule has 1 fully saturated rings. The highest BCUT2D eigenvalue weighted by atomic mass is 16.3. The summed E-state index contributed by atoms with van der Waals surface area (Å²) in [6.07, 6.45) is 7.23. The van der Waals surface area contributed by atoms with Gasteiger partial charge in [0.25, 0.3) is 0 Å². The maximum atomic E-state index is 11.5. The first-order valence-electron chi connectivity index (χ1n) is 8.39. The Labute approximate surface area is 144 Å². The van der Waals surface area contributed by atoms with Gasteiger partial charge in [-0.25, -0.2) is 4.98 Å². The van der Waals surface area contributed by atoms with E-state index in [4.69, 9.17) is 5.11 Å². The van der Waals surface area contributed by atoms with Crippen LogP contribution in [0.4, 0.5) is 0 Å². The zero-order valence-electron chi connectivity index (χ0n) is 13.7. The SMILES string of the molecule is O=C(CO)N1CCC(n2cc(-c3cnc4ccccc4n3)cn2)CC1. The number of carbonyl (C=O) groups is 1. The van der Waals surface area contributed by atoms with Gasteiger partial charge >= 0.3 is 0 Å². The monoisotopic (exact) mass is 337 g/mol. The van der Waals surface area contributed by atoms with Gasteiger partial charge in [0.1, 0.15) is 6.61 Å². The van der Waals surface area contributed by atoms with Crippen molar-refractivity contribution in [2.75, 3.05) is 19.7 Å². The third-order valence-corrected chi connectivity index (χ3v) is 4.67. The van der Waals surface area contributed by atoms with Crippen molar-refractivity contribution in [3.8, 4) is 11.3 Å². The molecule has 1 amide bonds. The average Bonchev–Trinajstić information content (AvgIpc) is 3.17. The molecule has 0 unspecified atom stereocenters. The number of aliphatic hydroxyl groups is 1. The van der Waals surface area contributed by atoms with E-state index in [0.717, 1.165) is 35.1 Å². The van der Waals surface area contributed by atoms with Crippen LogP contribution in [0.2, 0.25) is 0 Å². The number of hydrogen-bond donors (Lipinski definition) is 1. The number of likely N-dealkylation sites (tertiary alicyclic amines) is 1. The number of amides is 1. The van der Waals surface area contributed by atoms with Crippen LogP contribution in [-0.2, 0) is 4.79 Å². The number of rotatable bonds is 3. The lowest BCUT2D eigenvalue weighted by molar-refractivity contribution is -0.135. The zero-order valence-corrected chi connectivity index (χ0v) is 13.7. The molecule has 1 saturated heterocycles. The van der Waals surface area contributed by atoms with Crippen molar-refractivity contribution in [1.82, 2.24) is 24.6 Å². The van der Waals surface area contributed by atoms with Gasteiger partial charge in [-0.05, 0) is 25.0 Å². The van der Waals surface area contributed by atoms with Crippen LogP contribution < -0.4 is 0 Å². The molecule has 1 aromatic carbocycles. The number of benzene rings is 1. The van der Waals surface area contributed by atoms with Crippen LogP contribution in [0, 0.1) is 0 Å². The van der Waals surface area contributed by atoms with Crippen molar-refractivity contribution in [1.29, 1.82) is 0 Å². The highest BCUT2D eigenvalue weighted by molar-refractivity contribution is 5.77. The highest BCUT2D eigenvalue weighted by Crippen LogP contribution is 2.25. The Balaban J connectivity index is 1.51. The van der Waals surface area contributed by atoms with Crippen molar-refractivity contribution in [3.63, 3.8) is 0 Å². The molecule has 1 aliphatic rings. The Morgan fingerprint density at radius 1 is 1.16 bits per heavy atom. The summed E-state index contributed by atoms with van der Waals surface area (Å²) in [5.74, 6) is -0.203. The second kappa shape index (κ2) is 6.60. The fourth-order valence-electron chi connectivity index (χ4n) is 3.25. The summed E-state index contributed by atoms with van der Waals surface area (Å²) in [5.41, 5.74) is 3.48. The number of fused-ring (bicyclic) bond motifs is 1. The molecule has 3 aromatic rings. The van der Waals surface area contributed by atoms with E-state index in [0.29, 0.717) is 13.1 Å². The summed E-state index contributed by atoms with van der Waals surface area (Å²) < 4.78 is 1.95. The first kappa shape index (κ1) is 15.7. The quantitative estimate of drug-likeness (QED) is 0.785. The lowest BCUT2D eigenvalue weighted by Crippen LogP contribution is -2.40. The first-order chi connectivity index (χ1) is 12.2. The van der Waals surface area contributed by atoms with E-state index < -0.39 is 6.61 Å². The highest BCUT2D eigenvalue weighted by Gasteiger charge is 2.24. The molecule has 2 aromatic heterocycles. The summed E-state index contributed by atoms with van der Waals surface area (Å²) in [6.45, 7) is 0.876. The van der Waals surface area contributed by atoms with Crippen LogP contribution in [0.1, 0.15) is 18.9 Å². The molecule has 1 aliphatic heterocycles. The predicted octanol–water partition coefficient (Wildman–Crippen LogP) is 1.65. The summed E-state index contributed by atoms with van der Waals surface area (Å²) >= 11 is 0. The van der Waals surface area contributed by atoms with Crippen LogP contribution in [0.15, 0.2) is 42.9 Å².